The third kappa shape index (κ3) is 4.99. The van der Waals surface area contributed by atoms with Gasteiger partial charge >= 0.3 is 0 Å². The van der Waals surface area contributed by atoms with Crippen molar-refractivity contribution in [3.63, 3.8) is 0 Å². The van der Waals surface area contributed by atoms with Gasteiger partial charge in [0.15, 0.2) is 0 Å². The average Bonchev–Trinajstić information content (AvgIpc) is 2.60. The summed E-state index contributed by atoms with van der Waals surface area (Å²) in [5.74, 6) is -1.74. The molecule has 1 heterocycles. The fourth-order valence-electron chi connectivity index (χ4n) is 2.76. The first-order valence-electron chi connectivity index (χ1n) is 8.39. The first-order chi connectivity index (χ1) is 12.7. The van der Waals surface area contributed by atoms with E-state index in [0.717, 1.165) is 0 Å². The predicted octanol–water partition coefficient (Wildman–Crippen LogP) is 2.39. The monoisotopic (exact) mass is 393 g/mol. The van der Waals surface area contributed by atoms with Crippen molar-refractivity contribution in [3.8, 4) is 0 Å². The van der Waals surface area contributed by atoms with Gasteiger partial charge in [-0.05, 0) is 19.4 Å². The fraction of sp³-hybridized carbons (Fsp3) is 0.333. The molecule has 0 fully saturated rings. The number of hydrogen-bond acceptors (Lipinski definition) is 6. The van der Waals surface area contributed by atoms with Gasteiger partial charge in [0.05, 0.1) is 23.0 Å². The number of rotatable bonds is 8. The van der Waals surface area contributed by atoms with Crippen LogP contribution in [0.15, 0.2) is 24.5 Å². The average molecular weight is 394 g/mol. The number of hydrogen-bond donors (Lipinski definition) is 3. The molecular weight excluding hydrogens is 373 g/mol. The van der Waals surface area contributed by atoms with Gasteiger partial charge in [0.2, 0.25) is 11.7 Å². The molecule has 5 N–H and O–H groups in total. The molecule has 0 saturated carbocycles. The molecule has 1 aromatic carbocycles. The van der Waals surface area contributed by atoms with Crippen molar-refractivity contribution >= 4 is 29.1 Å². The maximum atomic E-state index is 15.2. The quantitative estimate of drug-likeness (QED) is 0.591. The molecule has 9 heteroatoms. The summed E-state index contributed by atoms with van der Waals surface area (Å²) >= 11 is 6.08. The first-order valence-corrected chi connectivity index (χ1v) is 8.76. The van der Waals surface area contributed by atoms with Gasteiger partial charge < -0.3 is 16.8 Å². The summed E-state index contributed by atoms with van der Waals surface area (Å²) in [7, 11) is 0. The third-order valence-electron chi connectivity index (χ3n) is 4.03. The molecule has 0 radical (unpaired) electrons. The van der Waals surface area contributed by atoms with Gasteiger partial charge in [-0.1, -0.05) is 24.6 Å². The van der Waals surface area contributed by atoms with Crippen molar-refractivity contribution in [2.24, 2.45) is 5.73 Å². The lowest BCUT2D eigenvalue weighted by Gasteiger charge is -2.23. The number of halogens is 2. The molecule has 0 unspecified atom stereocenters. The van der Waals surface area contributed by atoms with Crippen molar-refractivity contribution in [2.45, 2.75) is 38.8 Å². The van der Waals surface area contributed by atoms with Crippen LogP contribution < -0.4 is 16.8 Å². The highest BCUT2D eigenvalue weighted by atomic mass is 35.5. The van der Waals surface area contributed by atoms with Crippen molar-refractivity contribution in [2.75, 3.05) is 5.73 Å². The molecule has 0 aliphatic carbocycles. The number of aromatic nitrogens is 2. The second kappa shape index (κ2) is 8.88. The number of nitrogen functional groups attached to an aromatic ring is 1. The van der Waals surface area contributed by atoms with E-state index in [1.165, 1.54) is 24.5 Å². The molecular formula is C18H21ClFN5O2. The molecule has 1 aromatic heterocycles. The summed E-state index contributed by atoms with van der Waals surface area (Å²) in [6, 6.07) is 2.28. The number of carbonyl (C=O) groups excluding carboxylic acids is 2. The molecule has 0 bridgehead atoms. The Morgan fingerprint density at radius 3 is 2.56 bits per heavy atom. The van der Waals surface area contributed by atoms with Crippen molar-refractivity contribution < 1.29 is 14.0 Å². The Balaban J connectivity index is 2.39. The molecule has 2 rings (SSSR count). The minimum absolute atomic E-state index is 0.0279. The Labute approximate surface area is 161 Å². The van der Waals surface area contributed by atoms with Crippen molar-refractivity contribution in [1.29, 1.82) is 0 Å². The zero-order valence-corrected chi connectivity index (χ0v) is 15.8. The normalized spacial score (nSPS) is 13.2. The Morgan fingerprint density at radius 1 is 1.30 bits per heavy atom. The number of carbonyl (C=O) groups is 2. The van der Waals surface area contributed by atoms with Crippen molar-refractivity contribution in [1.82, 2.24) is 15.3 Å². The fourth-order valence-corrected chi connectivity index (χ4v) is 2.99. The molecule has 0 spiro atoms. The molecule has 1 amide bonds. The van der Waals surface area contributed by atoms with E-state index in [9.17, 15) is 9.59 Å². The van der Waals surface area contributed by atoms with E-state index in [1.807, 2.05) is 6.92 Å². The Bertz CT molecular complexity index is 844. The second-order valence-electron chi connectivity index (χ2n) is 6.18. The molecule has 7 nitrogen and oxygen atoms in total. The highest BCUT2D eigenvalue weighted by Crippen LogP contribution is 2.29. The van der Waals surface area contributed by atoms with Crippen LogP contribution in [0.1, 0.15) is 54.3 Å². The van der Waals surface area contributed by atoms with Crippen LogP contribution in [-0.2, 0) is 4.79 Å². The Hall–Kier alpha value is -2.58. The lowest BCUT2D eigenvalue weighted by molar-refractivity contribution is -0.118. The minimum Gasteiger partial charge on any atom is -0.382 e. The number of anilines is 1. The van der Waals surface area contributed by atoms with Crippen LogP contribution in [-0.4, -0.2) is 27.7 Å². The van der Waals surface area contributed by atoms with E-state index >= 15 is 4.39 Å². The molecule has 2 aromatic rings. The number of amides is 1. The van der Waals surface area contributed by atoms with E-state index in [0.29, 0.717) is 6.42 Å². The van der Waals surface area contributed by atoms with E-state index in [4.69, 9.17) is 23.1 Å². The summed E-state index contributed by atoms with van der Waals surface area (Å²) in [5.41, 5.74) is 10.6. The van der Waals surface area contributed by atoms with E-state index < -0.39 is 23.5 Å². The second-order valence-corrected chi connectivity index (χ2v) is 6.59. The minimum atomic E-state index is -0.739. The Morgan fingerprint density at radius 2 is 2.00 bits per heavy atom. The third-order valence-corrected chi connectivity index (χ3v) is 4.34. The van der Waals surface area contributed by atoms with Crippen LogP contribution in [0.25, 0.3) is 0 Å². The van der Waals surface area contributed by atoms with Crippen molar-refractivity contribution in [3.05, 3.63) is 52.2 Å². The van der Waals surface area contributed by atoms with Crippen LogP contribution in [0.5, 0.6) is 0 Å². The van der Waals surface area contributed by atoms with Gasteiger partial charge in [0, 0.05) is 24.1 Å². The SMILES string of the molecule is CC[C@@H](N[C@@H](C)CC(N)=O)c1ccc(Cl)c(C(=O)c2cnc(N)cn2)c1F. The van der Waals surface area contributed by atoms with Gasteiger partial charge in [-0.25, -0.2) is 14.4 Å². The summed E-state index contributed by atoms with van der Waals surface area (Å²) in [6.07, 6.45) is 3.02. The van der Waals surface area contributed by atoms with E-state index in [2.05, 4.69) is 15.3 Å². The molecule has 0 aliphatic rings. The molecule has 144 valence electrons. The van der Waals surface area contributed by atoms with Crippen LogP contribution in [0.3, 0.4) is 0 Å². The zero-order chi connectivity index (χ0) is 20.1. The highest BCUT2D eigenvalue weighted by molar-refractivity contribution is 6.34. The Kier molecular flexibility index (Phi) is 6.81. The number of nitrogens with one attached hydrogen (secondary N) is 1. The number of benzene rings is 1. The lowest BCUT2D eigenvalue weighted by atomic mass is 9.97. The van der Waals surface area contributed by atoms with E-state index in [1.54, 1.807) is 6.92 Å². The van der Waals surface area contributed by atoms with Gasteiger partial charge in [-0.3, -0.25) is 9.59 Å². The van der Waals surface area contributed by atoms with E-state index in [-0.39, 0.29) is 40.1 Å². The van der Waals surface area contributed by atoms with Gasteiger partial charge in [0.1, 0.15) is 17.3 Å². The predicted molar refractivity (Wildman–Crippen MR) is 101 cm³/mol. The number of primary amides is 1. The van der Waals surface area contributed by atoms with Crippen LogP contribution in [0.2, 0.25) is 5.02 Å². The molecule has 0 aliphatic heterocycles. The highest BCUT2D eigenvalue weighted by Gasteiger charge is 2.25. The van der Waals surface area contributed by atoms with Gasteiger partial charge in [-0.2, -0.15) is 0 Å². The largest absolute Gasteiger partial charge is 0.382 e. The molecule has 2 atom stereocenters. The maximum Gasteiger partial charge on any atom is 0.218 e. The first kappa shape index (κ1) is 20.7. The lowest BCUT2D eigenvalue weighted by Crippen LogP contribution is -2.34. The topological polar surface area (TPSA) is 124 Å². The maximum absolute atomic E-state index is 15.2. The van der Waals surface area contributed by atoms with Gasteiger partial charge in [-0.15, -0.1) is 0 Å². The summed E-state index contributed by atoms with van der Waals surface area (Å²) in [6.45, 7) is 3.63. The smallest absolute Gasteiger partial charge is 0.218 e. The number of nitrogens with zero attached hydrogens (tertiary/aromatic N) is 2. The number of ketones is 1. The standard InChI is InChI=1S/C18H21ClFN5O2/c1-3-12(25-9(2)6-15(22)26)10-4-5-11(19)16(17(10)20)18(27)13-7-24-14(21)8-23-13/h4-5,7-9,12,25H,3,6H2,1-2H3,(H2,21,24)(H2,22,26)/t9-,12+/m0/s1. The summed E-state index contributed by atoms with van der Waals surface area (Å²) in [4.78, 5) is 31.4. The molecule has 27 heavy (non-hydrogen) atoms. The molecule has 0 saturated heterocycles. The number of nitrogens with two attached hydrogens (primary N) is 2. The van der Waals surface area contributed by atoms with Crippen LogP contribution in [0, 0.1) is 5.82 Å². The van der Waals surface area contributed by atoms with Crippen LogP contribution >= 0.6 is 11.6 Å². The summed E-state index contributed by atoms with van der Waals surface area (Å²) < 4.78 is 15.2. The van der Waals surface area contributed by atoms with Crippen LogP contribution in [0.4, 0.5) is 10.2 Å². The summed E-state index contributed by atoms with van der Waals surface area (Å²) in [5, 5.41) is 3.12. The zero-order valence-electron chi connectivity index (χ0n) is 15.0. The van der Waals surface area contributed by atoms with Gasteiger partial charge in [0.25, 0.3) is 0 Å².